The Morgan fingerprint density at radius 1 is 1.13 bits per heavy atom. The fraction of sp³-hybridized carbons (Fsp3) is 0.312. The van der Waals surface area contributed by atoms with Gasteiger partial charge in [-0.15, -0.1) is 0 Å². The summed E-state index contributed by atoms with van der Waals surface area (Å²) in [5.74, 6) is -0.704. The van der Waals surface area contributed by atoms with Crippen LogP contribution in [0.3, 0.4) is 0 Å². The first-order chi connectivity index (χ1) is 10.8. The summed E-state index contributed by atoms with van der Waals surface area (Å²) >= 11 is 0. The lowest BCUT2D eigenvalue weighted by Gasteiger charge is -2.24. The Hall–Kier alpha value is -2.44. The van der Waals surface area contributed by atoms with Gasteiger partial charge in [0.2, 0.25) is 0 Å². The molecule has 1 heterocycles. The van der Waals surface area contributed by atoms with Crippen molar-refractivity contribution in [3.63, 3.8) is 0 Å². The maximum atomic E-state index is 12.7. The van der Waals surface area contributed by atoms with Crippen molar-refractivity contribution in [2.45, 2.75) is 19.5 Å². The van der Waals surface area contributed by atoms with Gasteiger partial charge in [-0.1, -0.05) is 29.8 Å². The summed E-state index contributed by atoms with van der Waals surface area (Å²) in [6, 6.07) is 8.82. The van der Waals surface area contributed by atoms with Crippen LogP contribution >= 0.6 is 0 Å². The van der Waals surface area contributed by atoms with Gasteiger partial charge in [-0.05, 0) is 25.0 Å². The summed E-state index contributed by atoms with van der Waals surface area (Å²) in [6.07, 6.45) is -1.67. The van der Waals surface area contributed by atoms with Crippen LogP contribution in [-0.4, -0.2) is 40.3 Å². The molecule has 1 amide bonds. The number of aromatic nitrogens is 2. The second-order valence-corrected chi connectivity index (χ2v) is 5.21. The molecule has 2 rings (SSSR count). The van der Waals surface area contributed by atoms with E-state index in [4.69, 9.17) is 0 Å². The van der Waals surface area contributed by atoms with E-state index in [1.54, 1.807) is 0 Å². The molecule has 2 aromatic rings. The predicted molar refractivity (Wildman–Crippen MR) is 78.9 cm³/mol. The molecule has 23 heavy (non-hydrogen) atoms. The van der Waals surface area contributed by atoms with E-state index in [9.17, 15) is 18.0 Å². The zero-order valence-electron chi connectivity index (χ0n) is 12.5. The lowest BCUT2D eigenvalue weighted by atomic mass is 10.1. The minimum absolute atomic E-state index is 0.0241. The number of nitrogens with zero attached hydrogens (tertiary/aromatic N) is 3. The van der Waals surface area contributed by atoms with Crippen molar-refractivity contribution in [3.8, 4) is 0 Å². The van der Waals surface area contributed by atoms with Gasteiger partial charge in [-0.25, -0.2) is 0 Å². The molecule has 0 N–H and O–H groups in total. The minimum atomic E-state index is -4.45. The Balaban J connectivity index is 2.10. The normalized spacial score (nSPS) is 11.3. The molecule has 0 bridgehead atoms. The average Bonchev–Trinajstić information content (AvgIpc) is 2.52. The van der Waals surface area contributed by atoms with E-state index in [1.165, 1.54) is 12.3 Å². The monoisotopic (exact) mass is 323 g/mol. The van der Waals surface area contributed by atoms with Crippen molar-refractivity contribution in [2.24, 2.45) is 0 Å². The van der Waals surface area contributed by atoms with Gasteiger partial charge in [0, 0.05) is 6.54 Å². The summed E-state index contributed by atoms with van der Waals surface area (Å²) in [6.45, 7) is 0.615. The summed E-state index contributed by atoms with van der Waals surface area (Å²) < 4.78 is 38.2. The topological polar surface area (TPSA) is 46.1 Å². The second-order valence-electron chi connectivity index (χ2n) is 5.21. The number of hydrogen-bond donors (Lipinski definition) is 0. The summed E-state index contributed by atoms with van der Waals surface area (Å²) in [4.78, 5) is 13.0. The van der Waals surface area contributed by atoms with Crippen molar-refractivity contribution < 1.29 is 18.0 Å². The summed E-state index contributed by atoms with van der Waals surface area (Å²) in [5.41, 5.74) is 2.04. The van der Waals surface area contributed by atoms with E-state index in [-0.39, 0.29) is 12.1 Å². The van der Waals surface area contributed by atoms with E-state index >= 15 is 0 Å². The Morgan fingerprint density at radius 3 is 2.39 bits per heavy atom. The minimum Gasteiger partial charge on any atom is -0.329 e. The van der Waals surface area contributed by atoms with E-state index in [0.717, 1.165) is 22.2 Å². The SMILES string of the molecule is Cc1ccc(CCN(CC(F)(F)F)C(=O)c2ccnnc2)cc1. The number of carbonyl (C=O) groups is 1. The molecule has 0 radical (unpaired) electrons. The second kappa shape index (κ2) is 7.21. The average molecular weight is 323 g/mol. The van der Waals surface area contributed by atoms with Crippen molar-refractivity contribution in [1.29, 1.82) is 0 Å². The van der Waals surface area contributed by atoms with Crippen molar-refractivity contribution in [2.75, 3.05) is 13.1 Å². The first-order valence-corrected chi connectivity index (χ1v) is 7.03. The lowest BCUT2D eigenvalue weighted by Crippen LogP contribution is -2.40. The number of rotatable bonds is 5. The third-order valence-electron chi connectivity index (χ3n) is 3.28. The molecule has 7 heteroatoms. The van der Waals surface area contributed by atoms with E-state index in [0.29, 0.717) is 6.42 Å². The molecule has 0 aliphatic carbocycles. The first kappa shape index (κ1) is 16.9. The van der Waals surface area contributed by atoms with E-state index in [1.807, 2.05) is 31.2 Å². The lowest BCUT2D eigenvalue weighted by molar-refractivity contribution is -0.140. The molecule has 0 saturated carbocycles. The molecule has 0 saturated heterocycles. The number of amides is 1. The molecular formula is C16H16F3N3O. The van der Waals surface area contributed by atoms with Gasteiger partial charge in [0.1, 0.15) is 6.54 Å². The van der Waals surface area contributed by atoms with Crippen LogP contribution in [0.1, 0.15) is 21.5 Å². The Morgan fingerprint density at radius 2 is 1.83 bits per heavy atom. The van der Waals surface area contributed by atoms with Crippen LogP contribution in [-0.2, 0) is 6.42 Å². The molecule has 4 nitrogen and oxygen atoms in total. The Bertz CT molecular complexity index is 642. The number of benzene rings is 1. The molecule has 0 unspecified atom stereocenters. The molecule has 0 aliphatic rings. The van der Waals surface area contributed by atoms with Crippen LogP contribution in [0, 0.1) is 6.92 Å². The van der Waals surface area contributed by atoms with E-state index < -0.39 is 18.6 Å². The van der Waals surface area contributed by atoms with Crippen LogP contribution in [0.25, 0.3) is 0 Å². The summed E-state index contributed by atoms with van der Waals surface area (Å²) in [5, 5.41) is 7.05. The highest BCUT2D eigenvalue weighted by Crippen LogP contribution is 2.18. The molecule has 0 atom stereocenters. The van der Waals surface area contributed by atoms with E-state index in [2.05, 4.69) is 10.2 Å². The van der Waals surface area contributed by atoms with Crippen LogP contribution in [0.4, 0.5) is 13.2 Å². The maximum absolute atomic E-state index is 12.7. The number of alkyl halides is 3. The first-order valence-electron chi connectivity index (χ1n) is 7.03. The van der Waals surface area contributed by atoms with Gasteiger partial charge in [-0.3, -0.25) is 4.79 Å². The number of halogens is 3. The molecule has 1 aromatic carbocycles. The zero-order valence-corrected chi connectivity index (χ0v) is 12.5. The number of aryl methyl sites for hydroxylation is 1. The molecule has 0 fully saturated rings. The Kier molecular flexibility index (Phi) is 5.31. The molecule has 1 aromatic heterocycles. The van der Waals surface area contributed by atoms with Gasteiger partial charge in [0.25, 0.3) is 5.91 Å². The molecule has 122 valence electrons. The molecule has 0 spiro atoms. The highest BCUT2D eigenvalue weighted by molar-refractivity contribution is 5.93. The number of hydrogen-bond acceptors (Lipinski definition) is 3. The van der Waals surface area contributed by atoms with Crippen LogP contribution in [0.2, 0.25) is 0 Å². The number of carbonyl (C=O) groups excluding carboxylic acids is 1. The quantitative estimate of drug-likeness (QED) is 0.850. The Labute approximate surface area is 132 Å². The van der Waals surface area contributed by atoms with Gasteiger partial charge >= 0.3 is 6.18 Å². The van der Waals surface area contributed by atoms with Gasteiger partial charge in [-0.2, -0.15) is 23.4 Å². The largest absolute Gasteiger partial charge is 0.406 e. The fourth-order valence-corrected chi connectivity index (χ4v) is 2.09. The highest BCUT2D eigenvalue weighted by Gasteiger charge is 2.33. The maximum Gasteiger partial charge on any atom is 0.406 e. The standard InChI is InChI=1S/C16H16F3N3O/c1-12-2-4-13(5-3-12)7-9-22(11-16(17,18)19)15(23)14-6-8-20-21-10-14/h2-6,8,10H,7,9,11H2,1H3. The highest BCUT2D eigenvalue weighted by atomic mass is 19.4. The third kappa shape index (κ3) is 5.36. The van der Waals surface area contributed by atoms with Crippen molar-refractivity contribution >= 4 is 5.91 Å². The van der Waals surface area contributed by atoms with Crippen molar-refractivity contribution in [1.82, 2.24) is 15.1 Å². The van der Waals surface area contributed by atoms with Crippen LogP contribution in [0.5, 0.6) is 0 Å². The van der Waals surface area contributed by atoms with Crippen LogP contribution < -0.4 is 0 Å². The van der Waals surface area contributed by atoms with Gasteiger partial charge < -0.3 is 4.90 Å². The molecule has 0 aliphatic heterocycles. The van der Waals surface area contributed by atoms with Crippen LogP contribution in [0.15, 0.2) is 42.7 Å². The van der Waals surface area contributed by atoms with Crippen molar-refractivity contribution in [3.05, 3.63) is 59.4 Å². The smallest absolute Gasteiger partial charge is 0.329 e. The molecular weight excluding hydrogens is 307 g/mol. The third-order valence-corrected chi connectivity index (χ3v) is 3.28. The van der Waals surface area contributed by atoms with Gasteiger partial charge in [0.15, 0.2) is 0 Å². The zero-order chi connectivity index (χ0) is 16.9. The fourth-order valence-electron chi connectivity index (χ4n) is 2.09. The predicted octanol–water partition coefficient (Wildman–Crippen LogP) is 3.03. The van der Waals surface area contributed by atoms with Gasteiger partial charge in [0.05, 0.1) is 18.0 Å². The summed E-state index contributed by atoms with van der Waals surface area (Å²) in [7, 11) is 0.